The molecular weight excluding hydrogens is 368 g/mol. The van der Waals surface area contributed by atoms with Gasteiger partial charge in [-0.1, -0.05) is 17.3 Å². The zero-order valence-electron chi connectivity index (χ0n) is 17.8. The molecule has 2 saturated heterocycles. The fourth-order valence-corrected chi connectivity index (χ4v) is 4.67. The molecule has 1 aromatic rings. The molecule has 0 unspecified atom stereocenters. The third kappa shape index (κ3) is 4.41. The van der Waals surface area contributed by atoms with E-state index < -0.39 is 0 Å². The van der Waals surface area contributed by atoms with Gasteiger partial charge < -0.3 is 19.4 Å². The molecule has 2 fully saturated rings. The van der Waals surface area contributed by atoms with Crippen LogP contribution in [0.25, 0.3) is 0 Å². The molecule has 1 spiro atoms. The monoisotopic (exact) mass is 400 g/mol. The van der Waals surface area contributed by atoms with Crippen LogP contribution in [0.5, 0.6) is 5.75 Å². The molecule has 0 N–H and O–H groups in total. The van der Waals surface area contributed by atoms with Crippen LogP contribution in [0.1, 0.15) is 31.2 Å². The maximum atomic E-state index is 12.9. The Kier molecular flexibility index (Phi) is 5.79. The molecule has 0 aliphatic carbocycles. The molecule has 0 radical (unpaired) electrons. The lowest BCUT2D eigenvalue weighted by molar-refractivity contribution is -0.125. The second kappa shape index (κ2) is 8.32. The largest absolute Gasteiger partial charge is 0.497 e. The molecule has 0 bridgehead atoms. The van der Waals surface area contributed by atoms with Gasteiger partial charge in [-0.05, 0) is 44.6 Å². The zero-order valence-corrected chi connectivity index (χ0v) is 17.8. The number of nitrogens with zero attached hydrogens (tertiary/aromatic N) is 4. The number of piperidine rings is 1. The highest BCUT2D eigenvalue weighted by molar-refractivity contribution is 6.39. The summed E-state index contributed by atoms with van der Waals surface area (Å²) in [6.45, 7) is 4.24. The van der Waals surface area contributed by atoms with Crippen molar-refractivity contribution in [2.75, 3.05) is 47.4 Å². The van der Waals surface area contributed by atoms with Gasteiger partial charge in [0, 0.05) is 51.6 Å². The van der Waals surface area contributed by atoms with Crippen molar-refractivity contribution in [3.05, 3.63) is 29.8 Å². The molecule has 1 amide bonds. The highest BCUT2D eigenvalue weighted by Crippen LogP contribution is 2.35. The molecule has 1 aromatic carbocycles. The van der Waals surface area contributed by atoms with Gasteiger partial charge in [-0.25, -0.2) is 0 Å². The van der Waals surface area contributed by atoms with Crippen molar-refractivity contribution in [2.24, 2.45) is 5.16 Å². The van der Waals surface area contributed by atoms with Crippen LogP contribution in [0.3, 0.4) is 0 Å². The number of benzene rings is 1. The van der Waals surface area contributed by atoms with Crippen molar-refractivity contribution in [2.45, 2.75) is 43.9 Å². The first-order chi connectivity index (χ1) is 14.0. The molecule has 4 rings (SSSR count). The molecule has 3 aliphatic rings. The highest BCUT2D eigenvalue weighted by atomic mass is 16.7. The van der Waals surface area contributed by atoms with E-state index in [4.69, 9.17) is 9.57 Å². The Hall–Kier alpha value is -2.12. The number of amides is 1. The van der Waals surface area contributed by atoms with Gasteiger partial charge in [-0.3, -0.25) is 9.69 Å². The Balaban J connectivity index is 1.29. The molecule has 0 aromatic heterocycles. The summed E-state index contributed by atoms with van der Waals surface area (Å²) in [7, 11) is 5.90. The van der Waals surface area contributed by atoms with Gasteiger partial charge in [0.2, 0.25) is 0 Å². The first-order valence-electron chi connectivity index (χ1n) is 10.5. The molecule has 1 atom stereocenters. The smallest absolute Gasteiger partial charge is 0.271 e. The van der Waals surface area contributed by atoms with E-state index in [1.807, 2.05) is 17.0 Å². The van der Waals surface area contributed by atoms with Crippen molar-refractivity contribution in [1.82, 2.24) is 14.7 Å². The summed E-state index contributed by atoms with van der Waals surface area (Å²) < 4.78 is 5.23. The Bertz CT molecular complexity index is 756. The second-order valence-corrected chi connectivity index (χ2v) is 8.78. The number of hydrogen-bond acceptors (Lipinski definition) is 6. The van der Waals surface area contributed by atoms with Crippen molar-refractivity contribution in [1.29, 1.82) is 0 Å². The van der Waals surface area contributed by atoms with Crippen molar-refractivity contribution in [3.8, 4) is 5.75 Å². The second-order valence-electron chi connectivity index (χ2n) is 8.78. The number of hydrogen-bond donors (Lipinski definition) is 0. The number of methoxy groups -OCH3 is 1. The summed E-state index contributed by atoms with van der Waals surface area (Å²) in [6.07, 6.45) is 3.58. The number of likely N-dealkylation sites (tertiary alicyclic amines) is 2. The Morgan fingerprint density at radius 3 is 2.62 bits per heavy atom. The van der Waals surface area contributed by atoms with Crippen LogP contribution in [0.15, 0.2) is 29.4 Å². The van der Waals surface area contributed by atoms with E-state index in [9.17, 15) is 4.79 Å². The summed E-state index contributed by atoms with van der Waals surface area (Å²) in [5.74, 6) is 0.935. The topological polar surface area (TPSA) is 57.6 Å². The zero-order chi connectivity index (χ0) is 20.4. The average Bonchev–Trinajstić information content (AvgIpc) is 3.34. The van der Waals surface area contributed by atoms with E-state index in [-0.39, 0.29) is 11.5 Å². The molecule has 0 saturated carbocycles. The maximum absolute atomic E-state index is 12.9. The van der Waals surface area contributed by atoms with Crippen LogP contribution in [-0.2, 0) is 16.2 Å². The lowest BCUT2D eigenvalue weighted by Crippen LogP contribution is -2.47. The van der Waals surface area contributed by atoms with E-state index >= 15 is 0 Å². The Labute approximate surface area is 173 Å². The van der Waals surface area contributed by atoms with Gasteiger partial charge in [-0.15, -0.1) is 0 Å². The van der Waals surface area contributed by atoms with E-state index in [0.29, 0.717) is 18.2 Å². The summed E-state index contributed by atoms with van der Waals surface area (Å²) >= 11 is 0. The SMILES string of the molecule is COc1ccc(CN2CC[C@]3(CC(C(=O)N4CCC(N(C)C)CC4)=NO3)C2)cc1. The van der Waals surface area contributed by atoms with Gasteiger partial charge in [0.25, 0.3) is 5.91 Å². The summed E-state index contributed by atoms with van der Waals surface area (Å²) in [5.41, 5.74) is 1.51. The quantitative estimate of drug-likeness (QED) is 0.756. The molecule has 7 heteroatoms. The van der Waals surface area contributed by atoms with Crippen molar-refractivity contribution >= 4 is 11.6 Å². The predicted molar refractivity (Wildman–Crippen MR) is 112 cm³/mol. The third-order valence-corrected chi connectivity index (χ3v) is 6.53. The number of carbonyl (C=O) groups excluding carboxylic acids is 1. The standard InChI is InChI=1S/C22H32N4O3/c1-24(2)18-8-11-26(12-9-18)21(27)20-14-22(29-23-20)10-13-25(16-22)15-17-4-6-19(28-3)7-5-17/h4-7,18H,8-16H2,1-3H3/t22-/m0/s1. The minimum absolute atomic E-state index is 0.0627. The lowest BCUT2D eigenvalue weighted by Gasteiger charge is -2.35. The number of rotatable bonds is 5. The number of oxime groups is 1. The van der Waals surface area contributed by atoms with Gasteiger partial charge in [0.15, 0.2) is 5.60 Å². The van der Waals surface area contributed by atoms with Crippen LogP contribution in [-0.4, -0.2) is 85.3 Å². The third-order valence-electron chi connectivity index (χ3n) is 6.53. The van der Waals surface area contributed by atoms with E-state index in [2.05, 4.69) is 41.2 Å². The van der Waals surface area contributed by atoms with Gasteiger partial charge in [-0.2, -0.15) is 0 Å². The predicted octanol–water partition coefficient (Wildman–Crippen LogP) is 1.97. The van der Waals surface area contributed by atoms with Gasteiger partial charge in [0.1, 0.15) is 11.5 Å². The van der Waals surface area contributed by atoms with Gasteiger partial charge >= 0.3 is 0 Å². The highest BCUT2D eigenvalue weighted by Gasteiger charge is 2.47. The van der Waals surface area contributed by atoms with E-state index in [0.717, 1.165) is 57.7 Å². The van der Waals surface area contributed by atoms with Crippen LogP contribution in [0.4, 0.5) is 0 Å². The van der Waals surface area contributed by atoms with Crippen LogP contribution >= 0.6 is 0 Å². The summed E-state index contributed by atoms with van der Waals surface area (Å²) in [5, 5.41) is 4.24. The molecule has 29 heavy (non-hydrogen) atoms. The summed E-state index contributed by atoms with van der Waals surface area (Å²) in [4.78, 5) is 25.4. The first kappa shape index (κ1) is 20.2. The Morgan fingerprint density at radius 1 is 1.24 bits per heavy atom. The minimum Gasteiger partial charge on any atom is -0.497 e. The minimum atomic E-state index is -0.334. The van der Waals surface area contributed by atoms with Crippen LogP contribution < -0.4 is 4.74 Å². The summed E-state index contributed by atoms with van der Waals surface area (Å²) in [6, 6.07) is 8.75. The Morgan fingerprint density at radius 2 is 1.97 bits per heavy atom. The lowest BCUT2D eigenvalue weighted by atomic mass is 9.95. The molecule has 3 heterocycles. The average molecular weight is 401 g/mol. The normalized spacial score (nSPS) is 25.5. The number of carbonyl (C=O) groups is 1. The van der Waals surface area contributed by atoms with E-state index in [1.54, 1.807) is 7.11 Å². The molecular formula is C22H32N4O3. The number of ether oxygens (including phenoxy) is 1. The van der Waals surface area contributed by atoms with Crippen molar-refractivity contribution in [3.63, 3.8) is 0 Å². The van der Waals surface area contributed by atoms with E-state index in [1.165, 1.54) is 5.56 Å². The molecule has 7 nitrogen and oxygen atoms in total. The first-order valence-corrected chi connectivity index (χ1v) is 10.5. The molecule has 3 aliphatic heterocycles. The van der Waals surface area contributed by atoms with Gasteiger partial charge in [0.05, 0.1) is 7.11 Å². The molecule has 158 valence electrons. The maximum Gasteiger partial charge on any atom is 0.271 e. The fourth-order valence-electron chi connectivity index (χ4n) is 4.67. The fraction of sp³-hybridized carbons (Fsp3) is 0.636. The van der Waals surface area contributed by atoms with Crippen LogP contribution in [0, 0.1) is 0 Å². The van der Waals surface area contributed by atoms with Crippen LogP contribution in [0.2, 0.25) is 0 Å². The van der Waals surface area contributed by atoms with Crippen molar-refractivity contribution < 1.29 is 14.4 Å².